The van der Waals surface area contributed by atoms with Gasteiger partial charge in [0.25, 0.3) is 0 Å². The molecule has 4 heterocycles. The molecule has 13 nitrogen and oxygen atoms in total. The number of nitrogens with zero attached hydrogens (tertiary/aromatic N) is 4. The van der Waals surface area contributed by atoms with E-state index in [2.05, 4.69) is 26.3 Å². The summed E-state index contributed by atoms with van der Waals surface area (Å²) in [7, 11) is 3.39. The van der Waals surface area contributed by atoms with Crippen LogP contribution in [-0.2, 0) is 32.1 Å². The molecule has 0 unspecified atom stereocenters. The first-order valence-electron chi connectivity index (χ1n) is 20.6. The minimum Gasteiger partial charge on any atom is -0.352 e. The highest BCUT2D eigenvalue weighted by molar-refractivity contribution is 5.93. The van der Waals surface area contributed by atoms with Crippen molar-refractivity contribution in [1.82, 2.24) is 45.6 Å². The largest absolute Gasteiger partial charge is 0.352 e. The zero-order valence-electron chi connectivity index (χ0n) is 35.0. The Hall–Kier alpha value is -4.89. The number of hydrogen-bond acceptors (Lipinski definition) is 7. The summed E-state index contributed by atoms with van der Waals surface area (Å²) in [5, 5.41) is 12.6. The molecule has 0 radical (unpaired) electrons. The lowest BCUT2D eigenvalue weighted by molar-refractivity contribution is -0.140. The molecule has 2 fully saturated rings. The zero-order chi connectivity index (χ0) is 42.1. The number of fused-ring (bicyclic) bond motifs is 2. The van der Waals surface area contributed by atoms with Crippen LogP contribution >= 0.6 is 0 Å². The highest BCUT2D eigenvalue weighted by atomic mass is 19.1. The van der Waals surface area contributed by atoms with Crippen LogP contribution in [0.25, 0.3) is 33.5 Å². The first kappa shape index (κ1) is 42.7. The maximum absolute atomic E-state index is 14.8. The number of carbonyl (C=O) groups is 4. The van der Waals surface area contributed by atoms with E-state index in [9.17, 15) is 28.0 Å². The maximum Gasteiger partial charge on any atom is 0.246 e. The molecule has 6 atom stereocenters. The molecule has 0 bridgehead atoms. The molecular formula is C43H59F2N9O4. The minimum atomic E-state index is -0.774. The molecule has 4 aromatic rings. The summed E-state index contributed by atoms with van der Waals surface area (Å²) in [5.41, 5.74) is 2.54. The molecular weight excluding hydrogens is 745 g/mol. The third-order valence-corrected chi connectivity index (χ3v) is 12.0. The normalized spacial score (nSPS) is 19.4. The Bertz CT molecular complexity index is 2160. The Morgan fingerprint density at radius 2 is 1.47 bits per heavy atom. The van der Waals surface area contributed by atoms with Crippen molar-refractivity contribution in [3.63, 3.8) is 0 Å². The Kier molecular flexibility index (Phi) is 12.9. The summed E-state index contributed by atoms with van der Waals surface area (Å²) in [6.07, 6.45) is 3.84. The number of likely N-dealkylation sites (N-methyl/N-ethyl adjacent to an activating group) is 2. The molecule has 2 aliphatic heterocycles. The van der Waals surface area contributed by atoms with Crippen molar-refractivity contribution in [2.45, 2.75) is 123 Å². The fraction of sp³-hybridized carbons (Fsp3) is 0.558. The van der Waals surface area contributed by atoms with E-state index in [0.717, 1.165) is 30.2 Å². The van der Waals surface area contributed by atoms with Gasteiger partial charge in [0.15, 0.2) is 5.82 Å². The number of aromatic nitrogens is 3. The second-order valence-corrected chi connectivity index (χ2v) is 17.0. The topological polar surface area (TPSA) is 156 Å². The van der Waals surface area contributed by atoms with Gasteiger partial charge in [-0.3, -0.25) is 19.2 Å². The Morgan fingerprint density at radius 3 is 2.10 bits per heavy atom. The maximum atomic E-state index is 14.8. The third kappa shape index (κ3) is 8.75. The van der Waals surface area contributed by atoms with Gasteiger partial charge in [-0.1, -0.05) is 27.7 Å². The van der Waals surface area contributed by atoms with E-state index < -0.39 is 41.2 Å². The summed E-state index contributed by atoms with van der Waals surface area (Å²) in [6.45, 7) is 12.6. The number of benzene rings is 2. The highest BCUT2D eigenvalue weighted by Gasteiger charge is 2.41. The van der Waals surface area contributed by atoms with Gasteiger partial charge in [0.1, 0.15) is 23.7 Å². The lowest BCUT2D eigenvalue weighted by Gasteiger charge is -2.36. The molecule has 314 valence electrons. The van der Waals surface area contributed by atoms with Gasteiger partial charge in [-0.15, -0.1) is 0 Å². The first-order valence-corrected chi connectivity index (χ1v) is 20.6. The van der Waals surface area contributed by atoms with Gasteiger partial charge in [0.2, 0.25) is 23.6 Å². The Balaban J connectivity index is 1.38. The molecule has 58 heavy (non-hydrogen) atoms. The van der Waals surface area contributed by atoms with Gasteiger partial charge in [0, 0.05) is 48.7 Å². The smallest absolute Gasteiger partial charge is 0.246 e. The van der Waals surface area contributed by atoms with E-state index in [4.69, 9.17) is 4.98 Å². The van der Waals surface area contributed by atoms with Gasteiger partial charge >= 0.3 is 0 Å². The Morgan fingerprint density at radius 1 is 0.862 bits per heavy atom. The van der Waals surface area contributed by atoms with Crippen molar-refractivity contribution in [2.24, 2.45) is 5.41 Å². The van der Waals surface area contributed by atoms with Crippen LogP contribution < -0.4 is 21.3 Å². The summed E-state index contributed by atoms with van der Waals surface area (Å²) < 4.78 is 31.6. The monoisotopic (exact) mass is 803 g/mol. The van der Waals surface area contributed by atoms with Gasteiger partial charge in [-0.05, 0) is 108 Å². The van der Waals surface area contributed by atoms with E-state index in [-0.39, 0.29) is 35.7 Å². The molecule has 2 aromatic heterocycles. The van der Waals surface area contributed by atoms with Crippen LogP contribution in [0.1, 0.15) is 79.2 Å². The summed E-state index contributed by atoms with van der Waals surface area (Å²) in [5.74, 6) is -1.18. The molecule has 0 spiro atoms. The predicted molar refractivity (Wildman–Crippen MR) is 221 cm³/mol. The molecule has 0 saturated carbocycles. The van der Waals surface area contributed by atoms with E-state index in [1.807, 2.05) is 42.1 Å². The third-order valence-electron chi connectivity index (χ3n) is 12.0. The lowest BCUT2D eigenvalue weighted by atomic mass is 9.85. The van der Waals surface area contributed by atoms with Crippen molar-refractivity contribution in [3.8, 4) is 11.5 Å². The Labute approximate surface area is 339 Å². The van der Waals surface area contributed by atoms with E-state index in [1.165, 1.54) is 24.3 Å². The number of aromatic amines is 1. The first-order chi connectivity index (χ1) is 27.6. The van der Waals surface area contributed by atoms with Gasteiger partial charge in [-0.25, -0.2) is 13.8 Å². The van der Waals surface area contributed by atoms with Crippen LogP contribution in [0.5, 0.6) is 0 Å². The number of H-pyrrole nitrogens is 1. The second kappa shape index (κ2) is 17.5. The SMILES string of the molecule is CC[C@H](NC(=O)[C@H](C)NC)C(=O)N1CCC[C@H]1Cc1c(-c2nc3cc(F)ccc3n2C[C@@H]2CCCN2C(=O)[C@@H](NC(=O)[C@H](C)NC)C(C)(C)C)[nH]c2cc(F)ccc12. The summed E-state index contributed by atoms with van der Waals surface area (Å²) in [6, 6.07) is 6.16. The van der Waals surface area contributed by atoms with E-state index in [1.54, 1.807) is 40.1 Å². The molecule has 2 saturated heterocycles. The molecule has 4 amide bonds. The average Bonchev–Trinajstić information content (AvgIpc) is 4.00. The summed E-state index contributed by atoms with van der Waals surface area (Å²) in [4.78, 5) is 66.5. The average molecular weight is 804 g/mol. The van der Waals surface area contributed by atoms with Crippen LogP contribution in [0.15, 0.2) is 36.4 Å². The van der Waals surface area contributed by atoms with Crippen molar-refractivity contribution in [3.05, 3.63) is 53.6 Å². The predicted octanol–water partition coefficient (Wildman–Crippen LogP) is 4.63. The molecule has 15 heteroatoms. The number of likely N-dealkylation sites (tertiary alicyclic amines) is 2. The quantitative estimate of drug-likeness (QED) is 0.125. The number of halogens is 2. The van der Waals surface area contributed by atoms with Gasteiger partial charge < -0.3 is 40.6 Å². The van der Waals surface area contributed by atoms with E-state index in [0.29, 0.717) is 67.0 Å². The van der Waals surface area contributed by atoms with Gasteiger partial charge in [-0.2, -0.15) is 0 Å². The lowest BCUT2D eigenvalue weighted by Crippen LogP contribution is -2.58. The number of hydrogen-bond donors (Lipinski definition) is 5. The highest BCUT2D eigenvalue weighted by Crippen LogP contribution is 2.37. The fourth-order valence-corrected chi connectivity index (χ4v) is 8.39. The van der Waals surface area contributed by atoms with Crippen LogP contribution in [0.2, 0.25) is 0 Å². The van der Waals surface area contributed by atoms with Gasteiger partial charge in [0.05, 0.1) is 28.8 Å². The fourth-order valence-electron chi connectivity index (χ4n) is 8.39. The van der Waals surface area contributed by atoms with Crippen molar-refractivity contribution >= 4 is 45.6 Å². The van der Waals surface area contributed by atoms with Crippen LogP contribution in [-0.4, -0.2) is 111 Å². The summed E-state index contributed by atoms with van der Waals surface area (Å²) >= 11 is 0. The molecule has 5 N–H and O–H groups in total. The van der Waals surface area contributed by atoms with Crippen LogP contribution in [0.3, 0.4) is 0 Å². The number of rotatable bonds is 14. The van der Waals surface area contributed by atoms with Crippen molar-refractivity contribution in [2.75, 3.05) is 27.2 Å². The van der Waals surface area contributed by atoms with Crippen molar-refractivity contribution < 1.29 is 28.0 Å². The van der Waals surface area contributed by atoms with Crippen LogP contribution in [0, 0.1) is 17.0 Å². The van der Waals surface area contributed by atoms with Crippen molar-refractivity contribution in [1.29, 1.82) is 0 Å². The number of amides is 4. The van der Waals surface area contributed by atoms with E-state index >= 15 is 0 Å². The standard InChI is InChI=1S/C43H59F2N9O4/c1-9-32(50-39(55)24(2)46-7)41(57)52-18-10-12-28(52)22-31-30-16-14-26(44)20-33(30)48-36(31)38-49-34-21-27(45)15-17-35(34)54(38)23-29-13-11-19-53(29)42(58)37(43(4,5)6)51-40(56)25(3)47-8/h14-17,20-21,24-25,28-29,32,37,46-48H,9-13,18-19,22-23H2,1-8H3,(H,50,55)(H,51,56)/t24-,25-,28-,29-,32-,37+/m0/s1. The van der Waals surface area contributed by atoms with Crippen LogP contribution in [0.4, 0.5) is 8.78 Å². The molecule has 6 rings (SSSR count). The number of nitrogens with one attached hydrogen (secondary N) is 5. The number of imidazole rings is 1. The molecule has 0 aliphatic carbocycles. The molecule has 2 aromatic carbocycles. The second-order valence-electron chi connectivity index (χ2n) is 17.0. The minimum absolute atomic E-state index is 0.145. The zero-order valence-corrected chi connectivity index (χ0v) is 35.0. The number of carbonyl (C=O) groups excluding carboxylic acids is 4. The molecule has 2 aliphatic rings.